The molecular formula is C29H26F6N4O4. The number of amides is 2. The summed E-state index contributed by atoms with van der Waals surface area (Å²) in [7, 11) is 0. The normalized spacial score (nSPS) is 15.9. The molecule has 3 aromatic carbocycles. The minimum absolute atomic E-state index is 0.0352. The molecule has 8 nitrogen and oxygen atoms in total. The number of carbonyl (C=O) groups is 2. The lowest BCUT2D eigenvalue weighted by molar-refractivity contribution is -0.288. The fourth-order valence-electron chi connectivity index (χ4n) is 4.88. The Morgan fingerprint density at radius 1 is 0.767 bits per heavy atom. The van der Waals surface area contributed by atoms with Crippen molar-refractivity contribution in [3.63, 3.8) is 0 Å². The highest BCUT2D eigenvalue weighted by molar-refractivity contribution is 6.05. The smallest absolute Gasteiger partial charge is 0.411 e. The first-order valence-electron chi connectivity index (χ1n) is 12.8. The Kier molecular flexibility index (Phi) is 8.25. The SMILES string of the molecule is NC1=CCC(C(=O)Nc2cc(C(c3ccc(O)c(NC(=O)c4ccc(N)cc4)c3)(C(F)(F)F)C(F)(F)F)ccc2O)CC1. The standard InChI is InChI=1S/C29H26F6N4O4/c30-28(31,32)27(29(33,34)35,17-5-11-23(40)21(13-17)38-25(42)15-1-7-19(36)8-2-15)18-6-12-24(41)22(14-18)39-26(43)16-3-9-20(37)10-4-16/h1-2,5-9,11-14,16,40-41H,3-4,10,36-37H2,(H,38,42)(H,39,43). The van der Waals surface area contributed by atoms with Gasteiger partial charge in [0.25, 0.3) is 5.91 Å². The van der Waals surface area contributed by atoms with Crippen LogP contribution in [0.2, 0.25) is 0 Å². The van der Waals surface area contributed by atoms with Gasteiger partial charge in [0, 0.05) is 22.9 Å². The van der Waals surface area contributed by atoms with Crippen LogP contribution < -0.4 is 22.1 Å². The first-order valence-corrected chi connectivity index (χ1v) is 12.8. The van der Waals surface area contributed by atoms with Crippen LogP contribution in [0.4, 0.5) is 43.4 Å². The van der Waals surface area contributed by atoms with Crippen molar-refractivity contribution in [1.29, 1.82) is 0 Å². The second-order valence-electron chi connectivity index (χ2n) is 10.0. The van der Waals surface area contributed by atoms with Crippen molar-refractivity contribution in [1.82, 2.24) is 0 Å². The Labute approximate surface area is 241 Å². The zero-order chi connectivity index (χ0) is 31.7. The molecule has 0 saturated carbocycles. The minimum Gasteiger partial charge on any atom is -0.506 e. The largest absolute Gasteiger partial charge is 0.506 e. The highest BCUT2D eigenvalue weighted by Crippen LogP contribution is 2.57. The summed E-state index contributed by atoms with van der Waals surface area (Å²) >= 11 is 0. The van der Waals surface area contributed by atoms with Crippen LogP contribution in [0.1, 0.15) is 40.7 Å². The summed E-state index contributed by atoms with van der Waals surface area (Å²) in [5, 5.41) is 24.9. The van der Waals surface area contributed by atoms with Crippen LogP contribution in [0, 0.1) is 5.92 Å². The molecule has 14 heteroatoms. The van der Waals surface area contributed by atoms with Crippen LogP contribution in [-0.4, -0.2) is 34.4 Å². The zero-order valence-corrected chi connectivity index (χ0v) is 22.2. The number of aromatic hydroxyl groups is 2. The van der Waals surface area contributed by atoms with Crippen LogP contribution in [0.3, 0.4) is 0 Å². The maximum absolute atomic E-state index is 14.8. The van der Waals surface area contributed by atoms with Crippen molar-refractivity contribution in [3.05, 3.63) is 89.1 Å². The van der Waals surface area contributed by atoms with Gasteiger partial charge in [-0.25, -0.2) is 0 Å². The summed E-state index contributed by atoms with van der Waals surface area (Å²) in [6.07, 6.45) is -9.62. The average Bonchev–Trinajstić information content (AvgIpc) is 2.91. The predicted molar refractivity (Wildman–Crippen MR) is 146 cm³/mol. The van der Waals surface area contributed by atoms with E-state index in [4.69, 9.17) is 11.5 Å². The molecule has 0 spiro atoms. The number of benzene rings is 3. The number of allylic oxidation sites excluding steroid dienone is 2. The van der Waals surface area contributed by atoms with Crippen LogP contribution in [0.25, 0.3) is 0 Å². The summed E-state index contributed by atoms with van der Waals surface area (Å²) in [6, 6.07) is 8.09. The van der Waals surface area contributed by atoms with Crippen molar-refractivity contribution < 1.29 is 46.1 Å². The Morgan fingerprint density at radius 2 is 1.28 bits per heavy atom. The van der Waals surface area contributed by atoms with Gasteiger partial charge in [-0.05, 0) is 78.9 Å². The first kappa shape index (κ1) is 31.1. The van der Waals surface area contributed by atoms with Crippen LogP contribution in [0.5, 0.6) is 11.5 Å². The lowest BCUT2D eigenvalue weighted by Crippen LogP contribution is -2.54. The van der Waals surface area contributed by atoms with E-state index >= 15 is 0 Å². The van der Waals surface area contributed by atoms with Crippen molar-refractivity contribution in [2.75, 3.05) is 16.4 Å². The number of alkyl halides is 6. The molecule has 0 aromatic heterocycles. The van der Waals surface area contributed by atoms with Gasteiger partial charge >= 0.3 is 12.4 Å². The Balaban J connectivity index is 1.81. The van der Waals surface area contributed by atoms with Gasteiger partial charge < -0.3 is 32.3 Å². The van der Waals surface area contributed by atoms with E-state index in [0.717, 1.165) is 0 Å². The molecular weight excluding hydrogens is 582 g/mol. The van der Waals surface area contributed by atoms with Gasteiger partial charge in [0.15, 0.2) is 0 Å². The van der Waals surface area contributed by atoms with Crippen molar-refractivity contribution >= 4 is 28.9 Å². The van der Waals surface area contributed by atoms with E-state index in [1.54, 1.807) is 6.08 Å². The molecule has 1 unspecified atom stereocenters. The number of anilines is 3. The van der Waals surface area contributed by atoms with Crippen LogP contribution in [0.15, 0.2) is 72.4 Å². The third-order valence-corrected chi connectivity index (χ3v) is 7.21. The number of nitrogens with one attached hydrogen (secondary N) is 2. The van der Waals surface area contributed by atoms with Crippen molar-refractivity contribution in [2.24, 2.45) is 11.7 Å². The lowest BCUT2D eigenvalue weighted by Gasteiger charge is -2.38. The maximum Gasteiger partial charge on any atom is 0.411 e. The highest BCUT2D eigenvalue weighted by atomic mass is 19.4. The Hall–Kier alpha value is -4.88. The second-order valence-corrected chi connectivity index (χ2v) is 10.0. The van der Waals surface area contributed by atoms with E-state index < -0.39 is 69.5 Å². The summed E-state index contributed by atoms with van der Waals surface area (Å²) < 4.78 is 88.9. The number of rotatable bonds is 6. The van der Waals surface area contributed by atoms with E-state index in [0.29, 0.717) is 60.6 Å². The predicted octanol–water partition coefficient (Wildman–Crippen LogP) is 5.92. The molecule has 0 heterocycles. The quantitative estimate of drug-likeness (QED) is 0.116. The molecule has 8 N–H and O–H groups in total. The molecule has 3 aromatic rings. The summed E-state index contributed by atoms with van der Waals surface area (Å²) in [5.74, 6) is -3.89. The van der Waals surface area contributed by atoms with Crippen LogP contribution >= 0.6 is 0 Å². The third-order valence-electron chi connectivity index (χ3n) is 7.21. The molecule has 0 bridgehead atoms. The molecule has 4 rings (SSSR count). The minimum atomic E-state index is -6.04. The highest BCUT2D eigenvalue weighted by Gasteiger charge is 2.72. The fourth-order valence-corrected chi connectivity index (χ4v) is 4.88. The number of halogens is 6. The lowest BCUT2D eigenvalue weighted by atomic mass is 9.72. The molecule has 43 heavy (non-hydrogen) atoms. The van der Waals surface area contributed by atoms with Gasteiger partial charge in [-0.3, -0.25) is 9.59 Å². The summed E-state index contributed by atoms with van der Waals surface area (Å²) in [6.45, 7) is 0. The molecule has 1 aliphatic rings. The van der Waals surface area contributed by atoms with Gasteiger partial charge in [0.2, 0.25) is 11.3 Å². The van der Waals surface area contributed by atoms with Crippen molar-refractivity contribution in [2.45, 2.75) is 37.0 Å². The number of nitrogens with two attached hydrogens (primary N) is 2. The molecule has 0 aliphatic heterocycles. The zero-order valence-electron chi connectivity index (χ0n) is 22.2. The third kappa shape index (κ3) is 6.03. The molecule has 0 saturated heterocycles. The molecule has 2 amide bonds. The second kappa shape index (κ2) is 11.4. The maximum atomic E-state index is 14.8. The van der Waals surface area contributed by atoms with Crippen molar-refractivity contribution in [3.8, 4) is 11.5 Å². The van der Waals surface area contributed by atoms with E-state index in [2.05, 4.69) is 10.6 Å². The fraction of sp³-hybridized carbons (Fsp3) is 0.241. The molecule has 228 valence electrons. The van der Waals surface area contributed by atoms with E-state index in [-0.39, 0.29) is 12.0 Å². The molecule has 0 radical (unpaired) electrons. The van der Waals surface area contributed by atoms with E-state index in [1.807, 2.05) is 0 Å². The topological polar surface area (TPSA) is 151 Å². The monoisotopic (exact) mass is 608 g/mol. The first-order chi connectivity index (χ1) is 20.0. The average molecular weight is 609 g/mol. The number of hydrogen-bond donors (Lipinski definition) is 6. The summed E-state index contributed by atoms with van der Waals surface area (Å²) in [4.78, 5) is 25.4. The molecule has 1 aliphatic carbocycles. The number of carbonyl (C=O) groups excluding carboxylic acids is 2. The van der Waals surface area contributed by atoms with E-state index in [9.17, 15) is 46.1 Å². The van der Waals surface area contributed by atoms with Gasteiger partial charge in [-0.15, -0.1) is 0 Å². The molecule has 1 atom stereocenters. The number of hydrogen-bond acceptors (Lipinski definition) is 6. The number of nitrogen functional groups attached to an aromatic ring is 1. The van der Waals surface area contributed by atoms with Gasteiger partial charge in [-0.1, -0.05) is 18.2 Å². The van der Waals surface area contributed by atoms with E-state index in [1.165, 1.54) is 24.3 Å². The Morgan fingerprint density at radius 3 is 1.74 bits per heavy atom. The Bertz CT molecular complexity index is 1550. The number of phenols is 2. The molecule has 0 fully saturated rings. The van der Waals surface area contributed by atoms with Gasteiger partial charge in [-0.2, -0.15) is 26.3 Å². The number of phenolic OH excluding ortho intramolecular Hbond substituents is 2. The van der Waals surface area contributed by atoms with Gasteiger partial charge in [0.05, 0.1) is 11.4 Å². The summed E-state index contributed by atoms with van der Waals surface area (Å²) in [5.41, 5.74) is 3.18. The van der Waals surface area contributed by atoms with Gasteiger partial charge in [0.1, 0.15) is 11.5 Å². The van der Waals surface area contributed by atoms with Crippen LogP contribution in [-0.2, 0) is 10.2 Å².